The van der Waals surface area contributed by atoms with E-state index in [1.165, 1.54) is 0 Å². The number of guanidine groups is 1. The second-order valence-corrected chi connectivity index (χ2v) is 18.6. The third-order valence-electron chi connectivity index (χ3n) is 7.71. The van der Waals surface area contributed by atoms with Gasteiger partial charge in [-0.3, -0.25) is 25.2 Å². The highest BCUT2D eigenvalue weighted by molar-refractivity contribution is 6.03. The zero-order valence-electron chi connectivity index (χ0n) is 39.2. The molecule has 0 spiro atoms. The number of benzene rings is 1. The number of rotatable bonds is 21. The van der Waals surface area contributed by atoms with Gasteiger partial charge in [0.15, 0.2) is 0 Å². The van der Waals surface area contributed by atoms with Crippen molar-refractivity contribution >= 4 is 42.1 Å². The standard InChI is InChI=1S/C44H75N7O11/c1-41(2,3)59-37(54)48-28-22-30-51(40(57)62-44(10,11)12)29-21-20-26-46-35(53)33(58-31-32-23-16-15-17-24-32)34(52)45-25-18-13-14-19-27-47-36(49-38(55)60-42(4,5)6)50-39(56)61-43(7,8)9/h15-17,23-24,33H,13-14,18-22,25-31H2,1-12H3,(H,45,52)(H,46,53)(H,48,54)(H2,47,49,50,55,56). The van der Waals surface area contributed by atoms with E-state index >= 15 is 0 Å². The number of alkyl carbamates (subject to hydrolysis) is 3. The van der Waals surface area contributed by atoms with Gasteiger partial charge in [0.2, 0.25) is 12.1 Å². The molecular formula is C44H75N7O11. The number of unbranched alkanes of at least 4 members (excludes halogenated alkanes) is 4. The number of nitrogens with one attached hydrogen (secondary N) is 5. The molecule has 1 aromatic carbocycles. The van der Waals surface area contributed by atoms with Gasteiger partial charge in [-0.1, -0.05) is 43.2 Å². The smallest absolute Gasteiger partial charge is 0.414 e. The maximum absolute atomic E-state index is 13.3. The normalized spacial score (nSPS) is 12.2. The van der Waals surface area contributed by atoms with Gasteiger partial charge >= 0.3 is 24.4 Å². The minimum Gasteiger partial charge on any atom is -0.444 e. The topological polar surface area (TPSA) is 224 Å². The summed E-state index contributed by atoms with van der Waals surface area (Å²) in [7, 11) is 0. The van der Waals surface area contributed by atoms with Gasteiger partial charge in [-0.2, -0.15) is 0 Å². The molecule has 1 atom stereocenters. The third-order valence-corrected chi connectivity index (χ3v) is 7.71. The van der Waals surface area contributed by atoms with Gasteiger partial charge in [-0.15, -0.1) is 0 Å². The van der Waals surface area contributed by atoms with E-state index in [2.05, 4.69) is 31.6 Å². The minimum atomic E-state index is -1.39. The van der Waals surface area contributed by atoms with Crippen LogP contribution in [0.2, 0.25) is 0 Å². The Hall–Kier alpha value is -5.13. The first-order valence-corrected chi connectivity index (χ1v) is 21.4. The van der Waals surface area contributed by atoms with Crippen LogP contribution in [-0.4, -0.2) is 115 Å². The van der Waals surface area contributed by atoms with E-state index in [-0.39, 0.29) is 25.7 Å². The Morgan fingerprint density at radius 3 is 1.52 bits per heavy atom. The molecule has 0 heterocycles. The highest BCUT2D eigenvalue weighted by Crippen LogP contribution is 2.13. The van der Waals surface area contributed by atoms with Crippen molar-refractivity contribution in [1.82, 2.24) is 31.5 Å². The van der Waals surface area contributed by atoms with E-state index < -0.39 is 64.7 Å². The molecule has 18 nitrogen and oxygen atoms in total. The van der Waals surface area contributed by atoms with Gasteiger partial charge in [0, 0.05) is 39.3 Å². The summed E-state index contributed by atoms with van der Waals surface area (Å²) in [6.45, 7) is 22.9. The monoisotopic (exact) mass is 878 g/mol. The molecule has 0 radical (unpaired) electrons. The van der Waals surface area contributed by atoms with Crippen LogP contribution in [0.4, 0.5) is 19.2 Å². The van der Waals surface area contributed by atoms with Crippen LogP contribution in [-0.2, 0) is 39.9 Å². The number of hydrogen-bond donors (Lipinski definition) is 5. The lowest BCUT2D eigenvalue weighted by atomic mass is 10.2. The molecule has 0 fully saturated rings. The van der Waals surface area contributed by atoms with E-state index in [0.717, 1.165) is 18.4 Å². The number of amides is 6. The largest absolute Gasteiger partial charge is 0.444 e. The second-order valence-electron chi connectivity index (χ2n) is 18.6. The Bertz CT molecular complexity index is 1550. The van der Waals surface area contributed by atoms with Gasteiger partial charge in [-0.05, 0) is 121 Å². The number of ether oxygens (including phenoxy) is 5. The molecule has 0 bridgehead atoms. The molecule has 1 rings (SSSR count). The zero-order chi connectivity index (χ0) is 47.0. The minimum absolute atomic E-state index is 0.0497. The first kappa shape index (κ1) is 54.9. The van der Waals surface area contributed by atoms with E-state index in [4.69, 9.17) is 23.7 Å². The maximum atomic E-state index is 13.3. The molecule has 5 N–H and O–H groups in total. The Kier molecular flexibility index (Phi) is 23.9. The summed E-state index contributed by atoms with van der Waals surface area (Å²) < 4.78 is 27.2. The molecule has 0 aliphatic rings. The molecule has 62 heavy (non-hydrogen) atoms. The maximum Gasteiger partial charge on any atom is 0.414 e. The van der Waals surface area contributed by atoms with Crippen molar-refractivity contribution in [3.63, 3.8) is 0 Å². The Morgan fingerprint density at radius 2 is 1.00 bits per heavy atom. The number of aliphatic imine (C=N–C) groups is 1. The van der Waals surface area contributed by atoms with E-state index in [1.807, 2.05) is 30.3 Å². The third kappa shape index (κ3) is 29.2. The Morgan fingerprint density at radius 1 is 0.548 bits per heavy atom. The van der Waals surface area contributed by atoms with Crippen molar-refractivity contribution in [3.8, 4) is 0 Å². The van der Waals surface area contributed by atoms with Gasteiger partial charge in [0.25, 0.3) is 11.8 Å². The SMILES string of the molecule is CC(C)(C)OC(=O)NCCCN(CCCCNC(=O)C(OCc1ccccc1)C(=O)NCCCCCCN=C(NC(=O)OC(C)(C)C)NC(=O)OC(C)(C)C)C(=O)OC(C)(C)C. The lowest BCUT2D eigenvalue weighted by Gasteiger charge is -2.27. The first-order chi connectivity index (χ1) is 28.7. The predicted molar refractivity (Wildman–Crippen MR) is 236 cm³/mol. The molecule has 0 aromatic heterocycles. The predicted octanol–water partition coefficient (Wildman–Crippen LogP) is 6.70. The van der Waals surface area contributed by atoms with Crippen molar-refractivity contribution in [2.75, 3.05) is 39.3 Å². The number of hydrogen-bond acceptors (Lipinski definition) is 12. The highest BCUT2D eigenvalue weighted by atomic mass is 16.6. The van der Waals surface area contributed by atoms with Crippen molar-refractivity contribution in [2.24, 2.45) is 4.99 Å². The van der Waals surface area contributed by atoms with Crippen LogP contribution in [0.5, 0.6) is 0 Å². The summed E-state index contributed by atoms with van der Waals surface area (Å²) in [5, 5.41) is 13.2. The van der Waals surface area contributed by atoms with Crippen LogP contribution in [0.3, 0.4) is 0 Å². The fraction of sp³-hybridized carbons (Fsp3) is 0.705. The molecule has 1 unspecified atom stereocenters. The van der Waals surface area contributed by atoms with Crippen LogP contribution >= 0.6 is 0 Å². The number of carbonyl (C=O) groups excluding carboxylic acids is 6. The van der Waals surface area contributed by atoms with Crippen molar-refractivity contribution in [2.45, 2.75) is 163 Å². The van der Waals surface area contributed by atoms with Crippen LogP contribution in [0.1, 0.15) is 134 Å². The summed E-state index contributed by atoms with van der Waals surface area (Å²) in [5.74, 6) is -1.24. The van der Waals surface area contributed by atoms with Crippen LogP contribution in [0.15, 0.2) is 35.3 Å². The molecule has 0 aliphatic carbocycles. The van der Waals surface area contributed by atoms with Gasteiger partial charge in [-0.25, -0.2) is 19.2 Å². The molecule has 0 saturated carbocycles. The summed E-state index contributed by atoms with van der Waals surface area (Å²) in [6.07, 6.45) is 0.262. The number of nitrogens with zero attached hydrogens (tertiary/aromatic N) is 2. The molecule has 0 saturated heterocycles. The molecule has 1 aromatic rings. The molecule has 18 heteroatoms. The summed E-state index contributed by atoms with van der Waals surface area (Å²) in [4.78, 5) is 82.1. The summed E-state index contributed by atoms with van der Waals surface area (Å²) >= 11 is 0. The van der Waals surface area contributed by atoms with Crippen molar-refractivity contribution in [3.05, 3.63) is 35.9 Å². The van der Waals surface area contributed by atoms with Crippen molar-refractivity contribution < 1.29 is 52.5 Å². The lowest BCUT2D eigenvalue weighted by molar-refractivity contribution is -0.146. The fourth-order valence-corrected chi connectivity index (χ4v) is 5.15. The van der Waals surface area contributed by atoms with Crippen molar-refractivity contribution in [1.29, 1.82) is 0 Å². The van der Waals surface area contributed by atoms with Crippen LogP contribution < -0.4 is 26.6 Å². The molecular weight excluding hydrogens is 803 g/mol. The van der Waals surface area contributed by atoms with E-state index in [9.17, 15) is 28.8 Å². The van der Waals surface area contributed by atoms with Crippen LogP contribution in [0, 0.1) is 0 Å². The molecule has 0 aliphatic heterocycles. The van der Waals surface area contributed by atoms with E-state index in [0.29, 0.717) is 58.3 Å². The average Bonchev–Trinajstić information content (AvgIpc) is 3.10. The summed E-state index contributed by atoms with van der Waals surface area (Å²) in [5.41, 5.74) is -2.02. The lowest BCUT2D eigenvalue weighted by Crippen LogP contribution is -2.47. The molecule has 352 valence electrons. The Balaban J connectivity index is 2.71. The molecule has 6 amide bonds. The van der Waals surface area contributed by atoms with Gasteiger partial charge < -0.3 is 44.5 Å². The quantitative estimate of drug-likeness (QED) is 0.0287. The fourth-order valence-electron chi connectivity index (χ4n) is 5.15. The van der Waals surface area contributed by atoms with E-state index in [1.54, 1.807) is 88.0 Å². The van der Waals surface area contributed by atoms with Gasteiger partial charge in [0.1, 0.15) is 22.4 Å². The van der Waals surface area contributed by atoms with Crippen LogP contribution in [0.25, 0.3) is 0 Å². The number of carbonyl (C=O) groups is 6. The average molecular weight is 878 g/mol. The Labute approximate surface area is 368 Å². The zero-order valence-corrected chi connectivity index (χ0v) is 39.2. The highest BCUT2D eigenvalue weighted by Gasteiger charge is 2.28. The van der Waals surface area contributed by atoms with Gasteiger partial charge in [0.05, 0.1) is 6.61 Å². The first-order valence-electron chi connectivity index (χ1n) is 21.4. The summed E-state index contributed by atoms with van der Waals surface area (Å²) in [6, 6.07) is 9.22. The second kappa shape index (κ2) is 27.0.